The molecule has 26 heavy (non-hydrogen) atoms. The molecule has 9 heteroatoms. The quantitative estimate of drug-likeness (QED) is 0.741. The Morgan fingerprint density at radius 3 is 2.85 bits per heavy atom. The lowest BCUT2D eigenvalue weighted by Crippen LogP contribution is -2.38. The second-order valence-electron chi connectivity index (χ2n) is 6.16. The van der Waals surface area contributed by atoms with Gasteiger partial charge < -0.3 is 5.73 Å². The number of aryl methyl sites for hydroxylation is 1. The first kappa shape index (κ1) is 17.1. The van der Waals surface area contributed by atoms with Crippen molar-refractivity contribution in [1.82, 2.24) is 10.2 Å². The van der Waals surface area contributed by atoms with Crippen LogP contribution in [-0.2, 0) is 4.79 Å². The maximum atomic E-state index is 12.9. The zero-order chi connectivity index (χ0) is 18.4. The lowest BCUT2D eigenvalue weighted by Gasteiger charge is -2.37. The molecule has 0 fully saturated rings. The first-order valence-corrected chi connectivity index (χ1v) is 10.1. The Morgan fingerprint density at radius 2 is 2.23 bits per heavy atom. The van der Waals surface area contributed by atoms with Gasteiger partial charge in [-0.15, -0.1) is 16.4 Å². The number of carbonyl (C=O) groups excluding carboxylic acids is 1. The van der Waals surface area contributed by atoms with E-state index in [0.29, 0.717) is 38.9 Å². The molecule has 0 amide bonds. The van der Waals surface area contributed by atoms with Crippen molar-refractivity contribution in [3.8, 4) is 6.07 Å². The number of anilines is 1. The summed E-state index contributed by atoms with van der Waals surface area (Å²) in [4.78, 5) is 16.7. The number of ketones is 1. The molecule has 3 heterocycles. The van der Waals surface area contributed by atoms with E-state index in [1.165, 1.54) is 11.3 Å². The minimum Gasteiger partial charge on any atom is -0.384 e. The maximum absolute atomic E-state index is 12.9. The molecule has 132 valence electrons. The summed E-state index contributed by atoms with van der Waals surface area (Å²) in [5.74, 6) is 0.00565. The van der Waals surface area contributed by atoms with Crippen molar-refractivity contribution in [2.24, 2.45) is 5.73 Å². The minimum atomic E-state index is -0.398. The molecule has 2 aliphatic rings. The van der Waals surface area contributed by atoms with Gasteiger partial charge in [0.05, 0.1) is 17.6 Å². The van der Waals surface area contributed by atoms with Gasteiger partial charge >= 0.3 is 0 Å². The van der Waals surface area contributed by atoms with Crippen molar-refractivity contribution in [3.63, 3.8) is 0 Å². The van der Waals surface area contributed by atoms with Crippen LogP contribution in [0.15, 0.2) is 34.8 Å². The number of Topliss-reactive ketones (excluding diaryl/α,β-unsaturated/α-hetero) is 1. The highest BCUT2D eigenvalue weighted by Gasteiger charge is 2.41. The molecule has 6 nitrogen and oxygen atoms in total. The number of carbonyl (C=O) groups is 1. The van der Waals surface area contributed by atoms with Crippen molar-refractivity contribution in [1.29, 1.82) is 5.26 Å². The summed E-state index contributed by atoms with van der Waals surface area (Å²) < 4.78 is 0.520. The second kappa shape index (κ2) is 6.46. The fourth-order valence-corrected chi connectivity index (χ4v) is 5.43. The average molecular weight is 402 g/mol. The fraction of sp³-hybridized carbons (Fsp3) is 0.294. The van der Waals surface area contributed by atoms with Gasteiger partial charge in [0.25, 0.3) is 0 Å². The van der Waals surface area contributed by atoms with E-state index in [-0.39, 0.29) is 5.78 Å². The molecule has 0 saturated heterocycles. The molecule has 0 radical (unpaired) electrons. The molecule has 2 aromatic heterocycles. The molecule has 2 aromatic rings. The molecular formula is C17H15N5OS3. The molecule has 0 bridgehead atoms. The predicted molar refractivity (Wildman–Crippen MR) is 104 cm³/mol. The van der Waals surface area contributed by atoms with Crippen LogP contribution >= 0.6 is 34.9 Å². The smallest absolute Gasteiger partial charge is 0.216 e. The van der Waals surface area contributed by atoms with Crippen molar-refractivity contribution in [3.05, 3.63) is 48.5 Å². The first-order valence-electron chi connectivity index (χ1n) is 8.09. The summed E-state index contributed by atoms with van der Waals surface area (Å²) in [7, 11) is 0. The maximum Gasteiger partial charge on any atom is 0.216 e. The van der Waals surface area contributed by atoms with Gasteiger partial charge in [-0.3, -0.25) is 14.8 Å². The van der Waals surface area contributed by atoms with Crippen LogP contribution in [0.2, 0.25) is 0 Å². The molecule has 4 rings (SSSR count). The Kier molecular flexibility index (Phi) is 4.26. The number of hydrogen-bond donors (Lipinski definition) is 2. The predicted octanol–water partition coefficient (Wildman–Crippen LogP) is 3.88. The number of nitrogens with two attached hydrogens (primary N) is 1. The molecular weight excluding hydrogens is 386 g/mol. The van der Waals surface area contributed by atoms with Crippen molar-refractivity contribution >= 4 is 45.8 Å². The SMILES string of the molecule is Cc1ccc(C2C(C#N)=C(N)N(c3n[nH]c(=S)s3)C3=C2C(=O)CCC3)s1. The first-order chi connectivity index (χ1) is 12.5. The third-order valence-corrected chi connectivity index (χ3v) is 6.72. The molecule has 1 atom stereocenters. The van der Waals surface area contributed by atoms with Crippen LogP contribution in [0.1, 0.15) is 34.9 Å². The summed E-state index contributed by atoms with van der Waals surface area (Å²) in [5, 5.41) is 17.4. The van der Waals surface area contributed by atoms with E-state index in [1.807, 2.05) is 19.1 Å². The molecule has 1 aliphatic carbocycles. The summed E-state index contributed by atoms with van der Waals surface area (Å²) in [6, 6.07) is 6.23. The largest absolute Gasteiger partial charge is 0.384 e. The van der Waals surface area contributed by atoms with E-state index in [2.05, 4.69) is 16.3 Å². The molecule has 0 aromatic carbocycles. The van der Waals surface area contributed by atoms with Gasteiger partial charge in [0, 0.05) is 27.4 Å². The summed E-state index contributed by atoms with van der Waals surface area (Å²) in [6.45, 7) is 2.01. The molecule has 0 saturated carbocycles. The van der Waals surface area contributed by atoms with Gasteiger partial charge in [0.2, 0.25) is 5.13 Å². The minimum absolute atomic E-state index is 0.0756. The Hall–Kier alpha value is -2.28. The fourth-order valence-electron chi connectivity index (χ4n) is 3.52. The number of hydrogen-bond acceptors (Lipinski definition) is 8. The number of nitrogens with one attached hydrogen (secondary N) is 1. The number of aromatic amines is 1. The van der Waals surface area contributed by atoms with Crippen LogP contribution in [0.3, 0.4) is 0 Å². The summed E-state index contributed by atoms with van der Waals surface area (Å²) in [5.41, 5.74) is 8.32. The van der Waals surface area contributed by atoms with E-state index < -0.39 is 5.92 Å². The van der Waals surface area contributed by atoms with Crippen molar-refractivity contribution in [2.45, 2.75) is 32.1 Å². The van der Waals surface area contributed by atoms with Crippen molar-refractivity contribution < 1.29 is 4.79 Å². The van der Waals surface area contributed by atoms with E-state index in [0.717, 1.165) is 21.9 Å². The molecule has 1 unspecified atom stereocenters. The monoisotopic (exact) mass is 401 g/mol. The van der Waals surface area contributed by atoms with Gasteiger partial charge in [0.1, 0.15) is 5.82 Å². The number of aromatic nitrogens is 2. The van der Waals surface area contributed by atoms with E-state index in [1.54, 1.807) is 16.2 Å². The van der Waals surface area contributed by atoms with Gasteiger partial charge in [-0.2, -0.15) is 5.26 Å². The Bertz CT molecular complexity index is 1060. The summed E-state index contributed by atoms with van der Waals surface area (Å²) >= 11 is 8.01. The normalized spacial score (nSPS) is 20.4. The van der Waals surface area contributed by atoms with Crippen LogP contribution in [0.25, 0.3) is 0 Å². The average Bonchev–Trinajstić information content (AvgIpc) is 3.22. The Balaban J connectivity index is 1.98. The van der Waals surface area contributed by atoms with Gasteiger partial charge in [-0.25, -0.2) is 0 Å². The second-order valence-corrected chi connectivity index (χ2v) is 9.12. The van der Waals surface area contributed by atoms with E-state index in [9.17, 15) is 10.1 Å². The topological polar surface area (TPSA) is 98.8 Å². The zero-order valence-corrected chi connectivity index (χ0v) is 16.4. The van der Waals surface area contributed by atoms with Crippen LogP contribution in [-0.4, -0.2) is 16.0 Å². The number of thiophene rings is 1. The van der Waals surface area contributed by atoms with Crippen LogP contribution in [0.4, 0.5) is 5.13 Å². The number of H-pyrrole nitrogens is 1. The standard InChI is InChI=1S/C17H15N5OS3/c1-8-5-6-12(25-8)13-9(7-18)15(19)22(16-20-21-17(24)26-16)10-3-2-4-11(23)14(10)13/h5-6,13H,2-4,19H2,1H3,(H,21,24). The lowest BCUT2D eigenvalue weighted by atomic mass is 9.78. The number of nitrogens with zero attached hydrogens (tertiary/aromatic N) is 3. The number of nitriles is 1. The van der Waals surface area contributed by atoms with Crippen molar-refractivity contribution in [2.75, 3.05) is 4.90 Å². The Morgan fingerprint density at radius 1 is 1.42 bits per heavy atom. The highest BCUT2D eigenvalue weighted by atomic mass is 32.1. The zero-order valence-electron chi connectivity index (χ0n) is 13.9. The van der Waals surface area contributed by atoms with Gasteiger partial charge in [-0.05, 0) is 44.1 Å². The van der Waals surface area contributed by atoms with Crippen LogP contribution in [0.5, 0.6) is 0 Å². The Labute approximate surface area is 163 Å². The number of allylic oxidation sites excluding steroid dienone is 3. The van der Waals surface area contributed by atoms with Gasteiger partial charge in [-0.1, -0.05) is 11.3 Å². The molecule has 3 N–H and O–H groups in total. The van der Waals surface area contributed by atoms with E-state index >= 15 is 0 Å². The summed E-state index contributed by atoms with van der Waals surface area (Å²) in [6.07, 6.45) is 1.96. The third-order valence-electron chi connectivity index (χ3n) is 4.58. The van der Waals surface area contributed by atoms with Crippen LogP contribution < -0.4 is 10.6 Å². The van der Waals surface area contributed by atoms with Gasteiger partial charge in [0.15, 0.2) is 9.74 Å². The third kappa shape index (κ3) is 2.61. The molecule has 1 aliphatic heterocycles. The van der Waals surface area contributed by atoms with E-state index in [4.69, 9.17) is 18.0 Å². The lowest BCUT2D eigenvalue weighted by molar-refractivity contribution is -0.116. The highest BCUT2D eigenvalue weighted by Crippen LogP contribution is 2.47. The highest BCUT2D eigenvalue weighted by molar-refractivity contribution is 7.73. The molecule has 0 spiro atoms. The van der Waals surface area contributed by atoms with Crippen LogP contribution in [0, 0.1) is 22.2 Å². The number of rotatable bonds is 2.